The van der Waals surface area contributed by atoms with Crippen LogP contribution in [0.1, 0.15) is 12.8 Å². The first-order chi connectivity index (χ1) is 14.8. The van der Waals surface area contributed by atoms with Crippen LogP contribution < -0.4 is 5.32 Å². The van der Waals surface area contributed by atoms with Gasteiger partial charge < -0.3 is 5.32 Å². The van der Waals surface area contributed by atoms with Crippen molar-refractivity contribution in [2.75, 3.05) is 18.4 Å². The number of rotatable bonds is 5. The van der Waals surface area contributed by atoms with E-state index in [-0.39, 0.29) is 17.3 Å². The Bertz CT molecular complexity index is 1200. The molecule has 1 aromatic heterocycles. The zero-order chi connectivity index (χ0) is 22.0. The van der Waals surface area contributed by atoms with Crippen LogP contribution in [0.25, 0.3) is 11.3 Å². The number of sulfonamides is 1. The molecule has 1 saturated heterocycles. The van der Waals surface area contributed by atoms with Crippen LogP contribution in [0.4, 0.5) is 5.13 Å². The Balaban J connectivity index is 1.44. The number of nitrogens with one attached hydrogen (secondary N) is 1. The average Bonchev–Trinajstić information content (AvgIpc) is 3.25. The molecular formula is C21H19Cl2N3O3S2. The maximum Gasteiger partial charge on any atom is 0.243 e. The molecule has 1 unspecified atom stereocenters. The predicted octanol–water partition coefficient (Wildman–Crippen LogP) is 5.16. The summed E-state index contributed by atoms with van der Waals surface area (Å²) >= 11 is 13.3. The molecule has 1 fully saturated rings. The number of benzene rings is 2. The molecule has 2 aromatic carbocycles. The standard InChI is InChI=1S/C21H19Cl2N3O3S2/c22-17-9-8-14(11-18(17)23)19-13-30-21(24-19)25-20(27)15-5-4-10-26(12-15)31(28,29)16-6-2-1-3-7-16/h1-3,6-9,11,13,15H,4-5,10,12H2,(H,24,25,27). The molecule has 162 valence electrons. The van der Waals surface area contributed by atoms with Gasteiger partial charge in [0.05, 0.1) is 26.6 Å². The van der Waals surface area contributed by atoms with E-state index in [4.69, 9.17) is 23.2 Å². The summed E-state index contributed by atoms with van der Waals surface area (Å²) in [6.45, 7) is 0.549. The molecule has 10 heteroatoms. The number of carbonyl (C=O) groups is 1. The van der Waals surface area contributed by atoms with E-state index in [1.807, 2.05) is 11.4 Å². The summed E-state index contributed by atoms with van der Waals surface area (Å²) in [6, 6.07) is 13.5. The summed E-state index contributed by atoms with van der Waals surface area (Å²) in [5.74, 6) is -0.674. The van der Waals surface area contributed by atoms with Crippen molar-refractivity contribution in [3.05, 3.63) is 64.0 Å². The first-order valence-corrected chi connectivity index (χ1v) is 12.7. The molecule has 1 aliphatic rings. The van der Waals surface area contributed by atoms with Crippen LogP contribution >= 0.6 is 34.5 Å². The lowest BCUT2D eigenvalue weighted by molar-refractivity contribution is -0.120. The highest BCUT2D eigenvalue weighted by Gasteiger charge is 2.33. The van der Waals surface area contributed by atoms with Crippen molar-refractivity contribution in [2.45, 2.75) is 17.7 Å². The topological polar surface area (TPSA) is 79.4 Å². The molecule has 0 spiro atoms. The molecule has 1 aliphatic heterocycles. The van der Waals surface area contributed by atoms with Gasteiger partial charge in [0.1, 0.15) is 0 Å². The van der Waals surface area contributed by atoms with Crippen LogP contribution in [0.3, 0.4) is 0 Å². The van der Waals surface area contributed by atoms with Gasteiger partial charge in [-0.3, -0.25) is 4.79 Å². The molecule has 1 amide bonds. The number of aromatic nitrogens is 1. The number of amides is 1. The first kappa shape index (κ1) is 22.2. The van der Waals surface area contributed by atoms with Crippen LogP contribution in [-0.2, 0) is 14.8 Å². The number of hydrogen-bond acceptors (Lipinski definition) is 5. The van der Waals surface area contributed by atoms with E-state index in [0.29, 0.717) is 40.3 Å². The minimum atomic E-state index is -3.62. The van der Waals surface area contributed by atoms with Crippen molar-refractivity contribution in [3.63, 3.8) is 0 Å². The lowest BCUT2D eigenvalue weighted by Gasteiger charge is -2.31. The largest absolute Gasteiger partial charge is 0.302 e. The van der Waals surface area contributed by atoms with Crippen molar-refractivity contribution in [3.8, 4) is 11.3 Å². The maximum atomic E-state index is 12.9. The van der Waals surface area contributed by atoms with E-state index >= 15 is 0 Å². The van der Waals surface area contributed by atoms with Crippen molar-refractivity contribution < 1.29 is 13.2 Å². The number of halogens is 2. The van der Waals surface area contributed by atoms with Crippen LogP contribution in [-0.4, -0.2) is 36.7 Å². The Labute approximate surface area is 194 Å². The molecule has 6 nitrogen and oxygen atoms in total. The quantitative estimate of drug-likeness (QED) is 0.530. The number of carbonyl (C=O) groups excluding carboxylic acids is 1. The first-order valence-electron chi connectivity index (χ1n) is 9.61. The second-order valence-electron chi connectivity index (χ2n) is 7.17. The summed E-state index contributed by atoms with van der Waals surface area (Å²) in [5, 5.41) is 5.99. The molecule has 3 aromatic rings. The van der Waals surface area contributed by atoms with E-state index in [1.54, 1.807) is 42.5 Å². The van der Waals surface area contributed by atoms with Gasteiger partial charge in [-0.2, -0.15) is 4.31 Å². The number of piperidine rings is 1. The van der Waals surface area contributed by atoms with Crippen molar-refractivity contribution in [1.29, 1.82) is 0 Å². The molecule has 31 heavy (non-hydrogen) atoms. The predicted molar refractivity (Wildman–Crippen MR) is 124 cm³/mol. The van der Waals surface area contributed by atoms with Crippen LogP contribution in [0.2, 0.25) is 10.0 Å². The highest BCUT2D eigenvalue weighted by Crippen LogP contribution is 2.31. The fourth-order valence-corrected chi connectivity index (χ4v) is 6.01. The third kappa shape index (κ3) is 4.94. The van der Waals surface area contributed by atoms with E-state index < -0.39 is 15.9 Å². The van der Waals surface area contributed by atoms with Crippen LogP contribution in [0.5, 0.6) is 0 Å². The van der Waals surface area contributed by atoms with Crippen LogP contribution in [0, 0.1) is 5.92 Å². The van der Waals surface area contributed by atoms with Gasteiger partial charge in [0, 0.05) is 24.0 Å². The van der Waals surface area contributed by atoms with Gasteiger partial charge in [0.15, 0.2) is 5.13 Å². The van der Waals surface area contributed by atoms with E-state index in [0.717, 1.165) is 5.56 Å². The minimum Gasteiger partial charge on any atom is -0.302 e. The number of anilines is 1. The normalized spacial score (nSPS) is 17.4. The Morgan fingerprint density at radius 3 is 2.65 bits per heavy atom. The van der Waals surface area contributed by atoms with Crippen molar-refractivity contribution >= 4 is 55.6 Å². The monoisotopic (exact) mass is 495 g/mol. The van der Waals surface area contributed by atoms with Gasteiger partial charge in [-0.15, -0.1) is 11.3 Å². The number of hydrogen-bond donors (Lipinski definition) is 1. The summed E-state index contributed by atoms with van der Waals surface area (Å²) < 4.78 is 27.2. The number of nitrogens with zero attached hydrogens (tertiary/aromatic N) is 2. The van der Waals surface area contributed by atoms with Crippen LogP contribution in [0.15, 0.2) is 58.8 Å². The summed E-state index contributed by atoms with van der Waals surface area (Å²) in [5.41, 5.74) is 1.47. The molecule has 0 aliphatic carbocycles. The third-order valence-electron chi connectivity index (χ3n) is 5.09. The molecular weight excluding hydrogens is 477 g/mol. The Morgan fingerprint density at radius 1 is 1.13 bits per heavy atom. The zero-order valence-electron chi connectivity index (χ0n) is 16.3. The fraction of sp³-hybridized carbons (Fsp3) is 0.238. The lowest BCUT2D eigenvalue weighted by atomic mass is 9.99. The highest BCUT2D eigenvalue weighted by molar-refractivity contribution is 7.89. The summed E-state index contributed by atoms with van der Waals surface area (Å²) in [6.07, 6.45) is 1.24. The summed E-state index contributed by atoms with van der Waals surface area (Å²) in [7, 11) is -3.62. The van der Waals surface area contributed by atoms with E-state index in [9.17, 15) is 13.2 Å². The average molecular weight is 496 g/mol. The lowest BCUT2D eigenvalue weighted by Crippen LogP contribution is -2.43. The van der Waals surface area contributed by atoms with Crippen molar-refractivity contribution in [2.24, 2.45) is 5.92 Å². The van der Waals surface area contributed by atoms with Gasteiger partial charge in [0.2, 0.25) is 15.9 Å². The minimum absolute atomic E-state index is 0.147. The highest BCUT2D eigenvalue weighted by atomic mass is 35.5. The Morgan fingerprint density at radius 2 is 1.90 bits per heavy atom. The second-order valence-corrected chi connectivity index (χ2v) is 10.8. The van der Waals surface area contributed by atoms with Crippen molar-refractivity contribution in [1.82, 2.24) is 9.29 Å². The molecule has 0 radical (unpaired) electrons. The van der Waals surface area contributed by atoms with Gasteiger partial charge in [-0.1, -0.05) is 47.5 Å². The molecule has 2 heterocycles. The van der Waals surface area contributed by atoms with Gasteiger partial charge in [-0.25, -0.2) is 13.4 Å². The fourth-order valence-electron chi connectivity index (χ4n) is 3.44. The van der Waals surface area contributed by atoms with E-state index in [1.165, 1.54) is 15.6 Å². The van der Waals surface area contributed by atoms with Gasteiger partial charge in [0.25, 0.3) is 0 Å². The Hall–Kier alpha value is -1.97. The second kappa shape index (κ2) is 9.26. The molecule has 1 atom stereocenters. The van der Waals surface area contributed by atoms with Gasteiger partial charge in [-0.05, 0) is 37.1 Å². The molecule has 0 saturated carbocycles. The smallest absolute Gasteiger partial charge is 0.243 e. The number of thiazole rings is 1. The molecule has 0 bridgehead atoms. The third-order valence-corrected chi connectivity index (χ3v) is 8.46. The maximum absolute atomic E-state index is 12.9. The zero-order valence-corrected chi connectivity index (χ0v) is 19.4. The van der Waals surface area contributed by atoms with E-state index in [2.05, 4.69) is 10.3 Å². The molecule has 1 N–H and O–H groups in total. The Kier molecular flexibility index (Phi) is 6.64. The summed E-state index contributed by atoms with van der Waals surface area (Å²) in [4.78, 5) is 17.5. The molecule has 4 rings (SSSR count). The SMILES string of the molecule is O=C(Nc1nc(-c2ccc(Cl)c(Cl)c2)cs1)C1CCCN(S(=O)(=O)c2ccccc2)C1. The van der Waals surface area contributed by atoms with Gasteiger partial charge >= 0.3 is 0 Å².